The lowest BCUT2D eigenvalue weighted by Gasteiger charge is -2.37. The number of carbonyl (C=O) groups is 2. The number of hydrogen-bond donors (Lipinski definition) is 0. The molecule has 0 spiro atoms. The summed E-state index contributed by atoms with van der Waals surface area (Å²) < 4.78 is 11.4. The first-order valence-electron chi connectivity index (χ1n) is 9.24. The monoisotopic (exact) mass is 397 g/mol. The summed E-state index contributed by atoms with van der Waals surface area (Å²) in [4.78, 5) is 38.9. The van der Waals surface area contributed by atoms with E-state index in [1.165, 1.54) is 24.3 Å². The normalized spacial score (nSPS) is 18.3. The van der Waals surface area contributed by atoms with Crippen LogP contribution in [0.15, 0.2) is 48.5 Å². The molecule has 2 amide bonds. The van der Waals surface area contributed by atoms with Crippen LogP contribution in [0, 0.1) is 10.1 Å². The number of nitro groups is 1. The van der Waals surface area contributed by atoms with Crippen LogP contribution in [0.25, 0.3) is 0 Å². The third-order valence-corrected chi connectivity index (χ3v) is 4.99. The number of hydrogen-bond acceptors (Lipinski definition) is 6. The minimum atomic E-state index is -0.707. The van der Waals surface area contributed by atoms with Gasteiger partial charge in [-0.25, -0.2) is 0 Å². The molecule has 2 heterocycles. The first-order chi connectivity index (χ1) is 14.0. The highest BCUT2D eigenvalue weighted by Crippen LogP contribution is 2.31. The smallest absolute Gasteiger partial charge is 0.269 e. The van der Waals surface area contributed by atoms with Crippen LogP contribution in [0.2, 0.25) is 0 Å². The molecule has 9 nitrogen and oxygen atoms in total. The van der Waals surface area contributed by atoms with Crippen LogP contribution in [0.1, 0.15) is 10.4 Å². The molecule has 150 valence electrons. The van der Waals surface area contributed by atoms with Gasteiger partial charge in [0.05, 0.1) is 4.92 Å². The topological polar surface area (TPSA) is 102 Å². The number of non-ortho nitro benzene ring substituents is 1. The number of benzene rings is 2. The van der Waals surface area contributed by atoms with Crippen molar-refractivity contribution in [3.05, 3.63) is 64.2 Å². The maximum atomic E-state index is 12.8. The molecule has 29 heavy (non-hydrogen) atoms. The molecule has 0 aliphatic carbocycles. The Bertz CT molecular complexity index is 937. The van der Waals surface area contributed by atoms with Crippen LogP contribution >= 0.6 is 0 Å². The van der Waals surface area contributed by atoms with Gasteiger partial charge in [0.2, 0.25) is 6.10 Å². The van der Waals surface area contributed by atoms with Crippen molar-refractivity contribution in [3.63, 3.8) is 0 Å². The van der Waals surface area contributed by atoms with Gasteiger partial charge >= 0.3 is 0 Å². The van der Waals surface area contributed by atoms with Gasteiger partial charge in [0.25, 0.3) is 17.5 Å². The highest BCUT2D eigenvalue weighted by Gasteiger charge is 2.33. The van der Waals surface area contributed by atoms with E-state index >= 15 is 0 Å². The van der Waals surface area contributed by atoms with Crippen molar-refractivity contribution in [2.24, 2.45) is 0 Å². The minimum absolute atomic E-state index is 0.0618. The van der Waals surface area contributed by atoms with Crippen molar-refractivity contribution >= 4 is 17.5 Å². The van der Waals surface area contributed by atoms with E-state index in [0.717, 1.165) is 0 Å². The second-order valence-corrected chi connectivity index (χ2v) is 6.79. The summed E-state index contributed by atoms with van der Waals surface area (Å²) >= 11 is 0. The molecular weight excluding hydrogens is 378 g/mol. The Kier molecular flexibility index (Phi) is 5.03. The Morgan fingerprint density at radius 1 is 0.931 bits per heavy atom. The summed E-state index contributed by atoms with van der Waals surface area (Å²) in [6.07, 6.45) is -0.707. The summed E-state index contributed by atoms with van der Waals surface area (Å²) in [6.45, 7) is 1.69. The van der Waals surface area contributed by atoms with Crippen molar-refractivity contribution in [1.29, 1.82) is 0 Å². The quantitative estimate of drug-likeness (QED) is 0.577. The molecule has 0 saturated carbocycles. The first kappa shape index (κ1) is 18.7. The van der Waals surface area contributed by atoms with Crippen molar-refractivity contribution in [2.75, 3.05) is 32.8 Å². The number of fused-ring (bicyclic) bond motifs is 1. The Morgan fingerprint density at radius 2 is 1.55 bits per heavy atom. The van der Waals surface area contributed by atoms with E-state index in [0.29, 0.717) is 43.2 Å². The number of nitro benzene ring substituents is 1. The molecule has 0 unspecified atom stereocenters. The average Bonchev–Trinajstić information content (AvgIpc) is 2.78. The van der Waals surface area contributed by atoms with E-state index in [2.05, 4.69) is 0 Å². The fourth-order valence-corrected chi connectivity index (χ4v) is 3.38. The Balaban J connectivity index is 1.34. The molecule has 1 fully saturated rings. The van der Waals surface area contributed by atoms with Crippen LogP contribution < -0.4 is 9.47 Å². The predicted molar refractivity (Wildman–Crippen MR) is 102 cm³/mol. The number of para-hydroxylation sites is 2. The molecule has 9 heteroatoms. The molecule has 1 atom stereocenters. The summed E-state index contributed by atoms with van der Waals surface area (Å²) in [7, 11) is 0. The highest BCUT2D eigenvalue weighted by atomic mass is 16.6. The zero-order chi connectivity index (χ0) is 20.4. The average molecular weight is 397 g/mol. The van der Waals surface area contributed by atoms with Gasteiger partial charge < -0.3 is 19.3 Å². The molecular formula is C20H19N3O6. The molecule has 2 aromatic rings. The molecule has 2 aliphatic rings. The van der Waals surface area contributed by atoms with E-state index in [-0.39, 0.29) is 24.1 Å². The fraction of sp³-hybridized carbons (Fsp3) is 0.300. The van der Waals surface area contributed by atoms with Crippen LogP contribution in [0.3, 0.4) is 0 Å². The van der Waals surface area contributed by atoms with Crippen molar-refractivity contribution in [2.45, 2.75) is 6.10 Å². The van der Waals surface area contributed by atoms with Gasteiger partial charge in [0, 0.05) is 43.9 Å². The maximum absolute atomic E-state index is 12.8. The molecule has 0 bridgehead atoms. The molecule has 0 aromatic heterocycles. The Morgan fingerprint density at radius 3 is 2.21 bits per heavy atom. The van der Waals surface area contributed by atoms with Gasteiger partial charge in [-0.05, 0) is 24.3 Å². The zero-order valence-electron chi connectivity index (χ0n) is 15.5. The summed E-state index contributed by atoms with van der Waals surface area (Å²) in [5.41, 5.74) is 0.323. The van der Waals surface area contributed by atoms with Crippen LogP contribution in [-0.4, -0.2) is 65.4 Å². The zero-order valence-corrected chi connectivity index (χ0v) is 15.5. The second kappa shape index (κ2) is 7.78. The van der Waals surface area contributed by atoms with Crippen molar-refractivity contribution in [3.8, 4) is 11.5 Å². The summed E-state index contributed by atoms with van der Waals surface area (Å²) in [6, 6.07) is 12.7. The fourth-order valence-electron chi connectivity index (χ4n) is 3.38. The third kappa shape index (κ3) is 3.84. The van der Waals surface area contributed by atoms with Gasteiger partial charge in [0.1, 0.15) is 6.61 Å². The van der Waals surface area contributed by atoms with Crippen LogP contribution in [0.5, 0.6) is 11.5 Å². The lowest BCUT2D eigenvalue weighted by molar-refractivity contribution is -0.384. The SMILES string of the molecule is O=C(c1ccc([N+](=O)[O-])cc1)N1CCN(C(=O)[C@@H]2COc3ccccc3O2)CC1. The number of ether oxygens (including phenoxy) is 2. The second-order valence-electron chi connectivity index (χ2n) is 6.79. The van der Waals surface area contributed by atoms with Gasteiger partial charge in [-0.3, -0.25) is 19.7 Å². The lowest BCUT2D eigenvalue weighted by Crippen LogP contribution is -2.55. The number of amides is 2. The molecule has 2 aliphatic heterocycles. The maximum Gasteiger partial charge on any atom is 0.269 e. The number of nitrogens with zero attached hydrogens (tertiary/aromatic N) is 3. The third-order valence-electron chi connectivity index (χ3n) is 4.99. The summed E-state index contributed by atoms with van der Waals surface area (Å²) in [5, 5.41) is 10.7. The van der Waals surface area contributed by atoms with Crippen molar-refractivity contribution in [1.82, 2.24) is 9.80 Å². The van der Waals surface area contributed by atoms with E-state index in [4.69, 9.17) is 9.47 Å². The number of piperazine rings is 1. The van der Waals surface area contributed by atoms with E-state index < -0.39 is 11.0 Å². The molecule has 1 saturated heterocycles. The largest absolute Gasteiger partial charge is 0.485 e. The molecule has 0 radical (unpaired) electrons. The summed E-state index contributed by atoms with van der Waals surface area (Å²) in [5.74, 6) is 0.791. The predicted octanol–water partition coefficient (Wildman–Crippen LogP) is 1.72. The Hall–Kier alpha value is -3.62. The standard InChI is InChI=1S/C20H19N3O6/c24-19(14-5-7-15(8-6-14)23(26)27)21-9-11-22(12-10-21)20(25)18-13-28-16-3-1-2-4-17(16)29-18/h1-8,18H,9-13H2/t18-/m0/s1. The van der Waals surface area contributed by atoms with E-state index in [1.54, 1.807) is 21.9 Å². The highest BCUT2D eigenvalue weighted by molar-refractivity contribution is 5.94. The first-order valence-corrected chi connectivity index (χ1v) is 9.24. The van der Waals surface area contributed by atoms with Crippen LogP contribution in [0.4, 0.5) is 5.69 Å². The van der Waals surface area contributed by atoms with Gasteiger partial charge in [-0.2, -0.15) is 0 Å². The van der Waals surface area contributed by atoms with Crippen molar-refractivity contribution < 1.29 is 24.0 Å². The van der Waals surface area contributed by atoms with E-state index in [1.807, 2.05) is 12.1 Å². The number of rotatable bonds is 3. The van der Waals surface area contributed by atoms with Crippen LogP contribution in [-0.2, 0) is 4.79 Å². The van der Waals surface area contributed by atoms with E-state index in [9.17, 15) is 19.7 Å². The van der Waals surface area contributed by atoms with Gasteiger partial charge in [0.15, 0.2) is 11.5 Å². The van der Waals surface area contributed by atoms with Gasteiger partial charge in [-0.15, -0.1) is 0 Å². The van der Waals surface area contributed by atoms with Gasteiger partial charge in [-0.1, -0.05) is 12.1 Å². The Labute approximate surface area is 166 Å². The molecule has 0 N–H and O–H groups in total. The minimum Gasteiger partial charge on any atom is -0.485 e. The molecule has 2 aromatic carbocycles. The molecule has 4 rings (SSSR count). The lowest BCUT2D eigenvalue weighted by atomic mass is 10.1. The number of carbonyl (C=O) groups excluding carboxylic acids is 2.